The zero-order valence-corrected chi connectivity index (χ0v) is 8.28. The molecule has 0 aliphatic carbocycles. The fourth-order valence-corrected chi connectivity index (χ4v) is 1.29. The lowest BCUT2D eigenvalue weighted by molar-refractivity contribution is -0.137. The van der Waals surface area contributed by atoms with Crippen molar-refractivity contribution < 1.29 is 26.3 Å². The van der Waals surface area contributed by atoms with Gasteiger partial charge in [0.15, 0.2) is 0 Å². The summed E-state index contributed by atoms with van der Waals surface area (Å²) in [5.74, 6) is 0. The Morgan fingerprint density at radius 3 is 1.59 bits per heavy atom. The molecule has 1 rings (SSSR count). The SMILES string of the molecule is Nc1cc(C(F)(F)F)cc(N)c1CC(F)(F)F. The Bertz CT molecular complexity index is 397. The van der Waals surface area contributed by atoms with E-state index in [1.54, 1.807) is 0 Å². The molecular weight excluding hydrogens is 250 g/mol. The summed E-state index contributed by atoms with van der Waals surface area (Å²) in [6.07, 6.45) is -10.7. The van der Waals surface area contributed by atoms with Gasteiger partial charge in [-0.1, -0.05) is 0 Å². The minimum Gasteiger partial charge on any atom is -0.398 e. The van der Waals surface area contributed by atoms with Gasteiger partial charge in [-0.15, -0.1) is 0 Å². The quantitative estimate of drug-likeness (QED) is 0.601. The molecule has 0 fully saturated rings. The fourth-order valence-electron chi connectivity index (χ4n) is 1.29. The summed E-state index contributed by atoms with van der Waals surface area (Å²) in [5, 5.41) is 0. The molecule has 0 heterocycles. The van der Waals surface area contributed by atoms with E-state index in [4.69, 9.17) is 11.5 Å². The van der Waals surface area contributed by atoms with Crippen LogP contribution in [0.15, 0.2) is 12.1 Å². The number of hydrogen-bond donors (Lipinski definition) is 2. The molecule has 8 heteroatoms. The van der Waals surface area contributed by atoms with Crippen molar-refractivity contribution in [3.05, 3.63) is 23.3 Å². The summed E-state index contributed by atoms with van der Waals surface area (Å²) >= 11 is 0. The maximum Gasteiger partial charge on any atom is 0.416 e. The van der Waals surface area contributed by atoms with Crippen LogP contribution in [0.3, 0.4) is 0 Å². The lowest BCUT2D eigenvalue weighted by Gasteiger charge is -2.15. The molecule has 0 saturated heterocycles. The number of benzene rings is 1. The van der Waals surface area contributed by atoms with Gasteiger partial charge in [0.05, 0.1) is 12.0 Å². The molecule has 0 radical (unpaired) electrons. The lowest BCUT2D eigenvalue weighted by Crippen LogP contribution is -2.16. The molecule has 4 N–H and O–H groups in total. The maximum absolute atomic E-state index is 12.3. The van der Waals surface area contributed by atoms with Crippen molar-refractivity contribution in [2.45, 2.75) is 18.8 Å². The molecule has 96 valence electrons. The number of nitrogens with two attached hydrogens (primary N) is 2. The third-order valence-electron chi connectivity index (χ3n) is 2.02. The number of rotatable bonds is 1. The number of nitrogen functional groups attached to an aromatic ring is 2. The summed E-state index contributed by atoms with van der Waals surface area (Å²) < 4.78 is 73.2. The van der Waals surface area contributed by atoms with E-state index in [1.165, 1.54) is 0 Å². The molecule has 1 aromatic rings. The van der Waals surface area contributed by atoms with Crippen LogP contribution in [0, 0.1) is 0 Å². The van der Waals surface area contributed by atoms with E-state index in [2.05, 4.69) is 0 Å². The molecule has 1 aromatic carbocycles. The standard InChI is InChI=1S/C9H8F6N2/c10-8(11,12)3-5-6(16)1-4(2-7(5)17)9(13,14)15/h1-2H,3,16-17H2. The second-order valence-corrected chi connectivity index (χ2v) is 3.42. The van der Waals surface area contributed by atoms with Crippen LogP contribution < -0.4 is 11.5 Å². The minimum atomic E-state index is -4.70. The molecule has 0 bridgehead atoms. The molecular formula is C9H8F6N2. The minimum absolute atomic E-state index is 0.442. The molecule has 2 nitrogen and oxygen atoms in total. The van der Waals surface area contributed by atoms with E-state index in [1.807, 2.05) is 0 Å². The van der Waals surface area contributed by atoms with Crippen molar-refractivity contribution >= 4 is 11.4 Å². The third-order valence-corrected chi connectivity index (χ3v) is 2.02. The van der Waals surface area contributed by atoms with E-state index in [0.29, 0.717) is 12.1 Å². The number of halogens is 6. The van der Waals surface area contributed by atoms with Crippen molar-refractivity contribution in [2.24, 2.45) is 0 Å². The van der Waals surface area contributed by atoms with Gasteiger partial charge in [0.1, 0.15) is 0 Å². The van der Waals surface area contributed by atoms with Gasteiger partial charge >= 0.3 is 12.4 Å². The maximum atomic E-state index is 12.3. The van der Waals surface area contributed by atoms with Crippen LogP contribution in [0.4, 0.5) is 37.7 Å². The summed E-state index contributed by atoms with van der Waals surface area (Å²) in [5.41, 5.74) is 7.36. The van der Waals surface area contributed by atoms with E-state index >= 15 is 0 Å². The Balaban J connectivity index is 3.20. The highest BCUT2D eigenvalue weighted by Gasteiger charge is 2.34. The smallest absolute Gasteiger partial charge is 0.398 e. The van der Waals surface area contributed by atoms with Gasteiger partial charge in [-0.05, 0) is 12.1 Å². The van der Waals surface area contributed by atoms with E-state index in [9.17, 15) is 26.3 Å². The van der Waals surface area contributed by atoms with Crippen LogP contribution in [0.2, 0.25) is 0 Å². The summed E-state index contributed by atoms with van der Waals surface area (Å²) in [4.78, 5) is 0. The van der Waals surface area contributed by atoms with Crippen molar-refractivity contribution in [3.8, 4) is 0 Å². The Morgan fingerprint density at radius 1 is 0.882 bits per heavy atom. The van der Waals surface area contributed by atoms with Gasteiger partial charge < -0.3 is 11.5 Å². The zero-order chi connectivity index (χ0) is 13.4. The van der Waals surface area contributed by atoms with E-state index < -0.39 is 41.3 Å². The number of alkyl halides is 6. The molecule has 0 aromatic heterocycles. The molecule has 0 spiro atoms. The van der Waals surface area contributed by atoms with E-state index in [-0.39, 0.29) is 0 Å². The Kier molecular flexibility index (Phi) is 3.17. The predicted molar refractivity (Wildman–Crippen MR) is 50.0 cm³/mol. The van der Waals surface area contributed by atoms with Crippen LogP contribution in [0.25, 0.3) is 0 Å². The number of anilines is 2. The van der Waals surface area contributed by atoms with Gasteiger partial charge in [0.25, 0.3) is 0 Å². The third kappa shape index (κ3) is 3.43. The Labute approximate surface area is 92.2 Å². The summed E-state index contributed by atoms with van der Waals surface area (Å²) in [6, 6.07) is 0.884. The highest BCUT2D eigenvalue weighted by Crippen LogP contribution is 2.36. The second-order valence-electron chi connectivity index (χ2n) is 3.42. The van der Waals surface area contributed by atoms with Crippen molar-refractivity contribution in [3.63, 3.8) is 0 Å². The average molecular weight is 258 g/mol. The van der Waals surface area contributed by atoms with Gasteiger partial charge in [-0.2, -0.15) is 26.3 Å². The molecule has 17 heavy (non-hydrogen) atoms. The lowest BCUT2D eigenvalue weighted by atomic mass is 10.0. The first-order valence-corrected chi connectivity index (χ1v) is 4.32. The fraction of sp³-hybridized carbons (Fsp3) is 0.333. The van der Waals surface area contributed by atoms with Crippen molar-refractivity contribution in [1.29, 1.82) is 0 Å². The number of hydrogen-bond acceptors (Lipinski definition) is 2. The van der Waals surface area contributed by atoms with Crippen LogP contribution in [-0.4, -0.2) is 6.18 Å². The molecule has 0 aliphatic heterocycles. The van der Waals surface area contributed by atoms with Crippen molar-refractivity contribution in [2.75, 3.05) is 11.5 Å². The molecule has 0 atom stereocenters. The second kappa shape index (κ2) is 4.01. The molecule has 0 saturated carbocycles. The van der Waals surface area contributed by atoms with Crippen LogP contribution >= 0.6 is 0 Å². The predicted octanol–water partition coefficient (Wildman–Crippen LogP) is 2.97. The highest BCUT2D eigenvalue weighted by molar-refractivity contribution is 5.64. The zero-order valence-electron chi connectivity index (χ0n) is 8.28. The van der Waals surface area contributed by atoms with Gasteiger partial charge in [-0.25, -0.2) is 0 Å². The largest absolute Gasteiger partial charge is 0.416 e. The molecule has 0 aliphatic rings. The van der Waals surface area contributed by atoms with E-state index in [0.717, 1.165) is 0 Å². The van der Waals surface area contributed by atoms with Crippen LogP contribution in [0.1, 0.15) is 11.1 Å². The van der Waals surface area contributed by atoms with Gasteiger partial charge in [0, 0.05) is 16.9 Å². The summed E-state index contributed by atoms with van der Waals surface area (Å²) in [7, 11) is 0. The average Bonchev–Trinajstić information content (AvgIpc) is 2.07. The Hall–Kier alpha value is -1.60. The topological polar surface area (TPSA) is 52.0 Å². The first kappa shape index (κ1) is 13.5. The highest BCUT2D eigenvalue weighted by atomic mass is 19.4. The Morgan fingerprint density at radius 2 is 1.29 bits per heavy atom. The van der Waals surface area contributed by atoms with Crippen LogP contribution in [-0.2, 0) is 12.6 Å². The molecule has 0 amide bonds. The van der Waals surface area contributed by atoms with Gasteiger partial charge in [0.2, 0.25) is 0 Å². The first-order chi connectivity index (χ1) is 7.50. The first-order valence-electron chi connectivity index (χ1n) is 4.32. The normalized spacial score (nSPS) is 12.8. The summed E-state index contributed by atoms with van der Waals surface area (Å²) in [6.45, 7) is 0. The monoisotopic (exact) mass is 258 g/mol. The van der Waals surface area contributed by atoms with Crippen molar-refractivity contribution in [1.82, 2.24) is 0 Å². The molecule has 0 unspecified atom stereocenters. The van der Waals surface area contributed by atoms with Gasteiger partial charge in [-0.3, -0.25) is 0 Å². The van der Waals surface area contributed by atoms with Crippen LogP contribution in [0.5, 0.6) is 0 Å².